The van der Waals surface area contributed by atoms with Crippen LogP contribution in [-0.4, -0.2) is 15.6 Å². The molecule has 0 aliphatic carbocycles. The van der Waals surface area contributed by atoms with Gasteiger partial charge in [0, 0.05) is 67.4 Å². The topological polar surface area (TPSA) is 66.0 Å². The van der Waals surface area contributed by atoms with Gasteiger partial charge in [0.1, 0.15) is 11.6 Å². The first-order valence-corrected chi connectivity index (χ1v) is 26.5. The van der Waals surface area contributed by atoms with E-state index < -0.39 is 5.97 Å². The maximum atomic E-state index is 12.0. The van der Waals surface area contributed by atoms with E-state index in [-0.39, 0.29) is 5.57 Å². The van der Waals surface area contributed by atoms with Crippen LogP contribution in [0.4, 0.5) is 0 Å². The van der Waals surface area contributed by atoms with Gasteiger partial charge in [-0.2, -0.15) is 5.26 Å². The normalized spacial score (nSPS) is 12.0. The third-order valence-electron chi connectivity index (χ3n) is 12.1. The van der Waals surface area contributed by atoms with E-state index in [2.05, 4.69) is 106 Å². The Hall–Kier alpha value is -4.26. The minimum atomic E-state index is -1.17. The van der Waals surface area contributed by atoms with Gasteiger partial charge in [0.2, 0.25) is 0 Å². The molecule has 0 amide bonds. The highest BCUT2D eigenvalue weighted by Crippen LogP contribution is 2.50. The summed E-state index contributed by atoms with van der Waals surface area (Å²) in [7, 11) is 0. The number of carbonyl (C=O) groups is 1. The third kappa shape index (κ3) is 10.2. The zero-order valence-corrected chi connectivity index (χ0v) is 40.6. The number of thiophene rings is 4. The smallest absolute Gasteiger partial charge is 0.346 e. The van der Waals surface area contributed by atoms with Gasteiger partial charge in [-0.05, 0) is 135 Å². The fraction of sp³-hybridized carbons (Fsp3) is 0.407. The number of rotatable bonds is 23. The molecule has 1 N–H and O–H groups in total. The van der Waals surface area contributed by atoms with E-state index in [1.807, 2.05) is 40.1 Å². The number of hydrogen-bond donors (Lipinski definition) is 1. The minimum absolute atomic E-state index is 0.205. The largest absolute Gasteiger partial charge is 0.477 e. The Morgan fingerprint density at radius 2 is 1.05 bits per heavy atom. The van der Waals surface area contributed by atoms with Crippen LogP contribution in [0.5, 0.6) is 0 Å². The number of aliphatic carboxylic acids is 1. The van der Waals surface area contributed by atoms with E-state index in [1.165, 1.54) is 130 Å². The number of para-hydroxylation sites is 1. The number of hydrogen-bond acceptors (Lipinski definition) is 6. The highest BCUT2D eigenvalue weighted by molar-refractivity contribution is 7.29. The zero-order chi connectivity index (χ0) is 43.6. The van der Waals surface area contributed by atoms with Crippen molar-refractivity contribution < 1.29 is 9.90 Å². The molecule has 8 heteroatoms. The number of carboxylic acid groups (broad SMARTS) is 1. The average Bonchev–Trinajstić information content (AvgIpc) is 4.12. The maximum Gasteiger partial charge on any atom is 0.346 e. The van der Waals surface area contributed by atoms with Crippen molar-refractivity contribution in [1.82, 2.24) is 4.57 Å². The van der Waals surface area contributed by atoms with Crippen LogP contribution in [0.3, 0.4) is 0 Å². The van der Waals surface area contributed by atoms with E-state index in [0.29, 0.717) is 0 Å². The molecule has 0 aliphatic rings. The quantitative estimate of drug-likeness (QED) is 0.0395. The van der Waals surface area contributed by atoms with Crippen molar-refractivity contribution in [3.05, 3.63) is 99.4 Å². The summed E-state index contributed by atoms with van der Waals surface area (Å²) in [5, 5.41) is 22.1. The molecule has 0 spiro atoms. The molecule has 5 aromatic heterocycles. The van der Waals surface area contributed by atoms with Crippen LogP contribution in [0.25, 0.3) is 67.6 Å². The van der Waals surface area contributed by atoms with Gasteiger partial charge >= 0.3 is 5.97 Å². The molecule has 4 nitrogen and oxygen atoms in total. The van der Waals surface area contributed by atoms with Crippen molar-refractivity contribution in [2.24, 2.45) is 0 Å². The molecule has 0 bridgehead atoms. The van der Waals surface area contributed by atoms with Crippen LogP contribution < -0.4 is 0 Å². The molecule has 7 rings (SSSR count). The number of benzene rings is 2. The second kappa shape index (κ2) is 21.9. The van der Waals surface area contributed by atoms with Crippen LogP contribution in [-0.2, 0) is 37.0 Å². The summed E-state index contributed by atoms with van der Waals surface area (Å²) in [6.07, 6.45) is 19.7. The van der Waals surface area contributed by atoms with Crippen LogP contribution in [0.1, 0.15) is 139 Å². The van der Waals surface area contributed by atoms with Crippen LogP contribution in [0, 0.1) is 11.3 Å². The van der Waals surface area contributed by atoms with Gasteiger partial charge in [-0.1, -0.05) is 103 Å². The maximum absolute atomic E-state index is 12.0. The van der Waals surface area contributed by atoms with Gasteiger partial charge in [-0.15, -0.1) is 45.3 Å². The van der Waals surface area contributed by atoms with Crippen LogP contribution in [0.2, 0.25) is 0 Å². The van der Waals surface area contributed by atoms with Gasteiger partial charge in [0.05, 0.1) is 0 Å². The van der Waals surface area contributed by atoms with Crippen molar-refractivity contribution in [2.75, 3.05) is 0 Å². The predicted octanol–water partition coefficient (Wildman–Crippen LogP) is 17.7. The van der Waals surface area contributed by atoms with Crippen molar-refractivity contribution in [3.63, 3.8) is 0 Å². The predicted molar refractivity (Wildman–Crippen MR) is 273 cm³/mol. The lowest BCUT2D eigenvalue weighted by atomic mass is 10.0. The fourth-order valence-electron chi connectivity index (χ4n) is 8.79. The van der Waals surface area contributed by atoms with Gasteiger partial charge < -0.3 is 9.67 Å². The molecule has 0 aliphatic heterocycles. The first kappa shape index (κ1) is 45.8. The number of nitrogens with zero attached hydrogens (tertiary/aromatic N) is 2. The summed E-state index contributed by atoms with van der Waals surface area (Å²) in [5.41, 5.74) is 9.18. The summed E-state index contributed by atoms with van der Waals surface area (Å²) < 4.78 is 2.44. The molecule has 0 radical (unpaired) electrons. The molecule has 0 atom stereocenters. The number of nitriles is 1. The second-order valence-corrected chi connectivity index (χ2v) is 20.9. The molecule has 324 valence electrons. The molecule has 0 saturated carbocycles. The first-order valence-electron chi connectivity index (χ1n) is 23.2. The van der Waals surface area contributed by atoms with Gasteiger partial charge in [-0.3, -0.25) is 0 Å². The number of aryl methyl sites for hydroxylation is 5. The monoisotopic (exact) mass is 898 g/mol. The zero-order valence-electron chi connectivity index (χ0n) is 37.3. The van der Waals surface area contributed by atoms with Crippen molar-refractivity contribution >= 4 is 79.2 Å². The highest BCUT2D eigenvalue weighted by atomic mass is 32.1. The molecule has 0 fully saturated rings. The Bertz CT molecular complexity index is 2690. The summed E-state index contributed by atoms with van der Waals surface area (Å²) in [6.45, 7) is 12.2. The van der Waals surface area contributed by atoms with Crippen LogP contribution >= 0.6 is 45.3 Å². The summed E-state index contributed by atoms with van der Waals surface area (Å²) in [4.78, 5) is 22.3. The molecule has 62 heavy (non-hydrogen) atoms. The Morgan fingerprint density at radius 3 is 1.56 bits per heavy atom. The molecule has 0 saturated heterocycles. The molecule has 5 heterocycles. The number of carboxylic acids is 1. The van der Waals surface area contributed by atoms with Crippen molar-refractivity contribution in [2.45, 2.75) is 144 Å². The highest BCUT2D eigenvalue weighted by Gasteiger charge is 2.23. The summed E-state index contributed by atoms with van der Waals surface area (Å²) in [5.74, 6) is -1.17. The Kier molecular flexibility index (Phi) is 16.2. The standard InChI is InChI=1S/C54H62N2O2S4/c1-6-11-15-21-36-30-48(59-46(36)34-41(35-55)54(57)58)51-39(23-17-13-8-3)32-50(61-51)53-40(24-18-14-9-4)33-49(62-53)52-38(22-16-12-7-2)31-47(60-52)37-27-28-45-43(29-37)42-25-19-20-26-44(42)56(45)10-5/h19-20,25-34H,6-18,21-24H2,1-5H3,(H,57,58)/b41-34-. The lowest BCUT2D eigenvalue weighted by molar-refractivity contribution is -0.132. The lowest BCUT2D eigenvalue weighted by Crippen LogP contribution is -1.97. The van der Waals surface area contributed by atoms with E-state index in [4.69, 9.17) is 0 Å². The fourth-order valence-corrected chi connectivity index (χ4v) is 14.0. The second-order valence-electron chi connectivity index (χ2n) is 16.7. The Morgan fingerprint density at radius 1 is 0.581 bits per heavy atom. The van der Waals surface area contributed by atoms with E-state index in [1.54, 1.807) is 17.4 Å². The Balaban J connectivity index is 1.33. The minimum Gasteiger partial charge on any atom is -0.477 e. The average molecular weight is 899 g/mol. The number of unbranched alkanes of at least 4 members (excludes halogenated alkanes) is 8. The van der Waals surface area contributed by atoms with E-state index >= 15 is 0 Å². The van der Waals surface area contributed by atoms with E-state index in [9.17, 15) is 15.2 Å². The molecule has 2 aromatic carbocycles. The molecule has 7 aromatic rings. The summed E-state index contributed by atoms with van der Waals surface area (Å²) >= 11 is 7.53. The van der Waals surface area contributed by atoms with Crippen molar-refractivity contribution in [1.29, 1.82) is 5.26 Å². The van der Waals surface area contributed by atoms with Crippen LogP contribution in [0.15, 0.2) is 72.3 Å². The lowest BCUT2D eigenvalue weighted by Gasteiger charge is -2.03. The molecule has 0 unspecified atom stereocenters. The van der Waals surface area contributed by atoms with E-state index in [0.717, 1.165) is 68.4 Å². The molecular weight excluding hydrogens is 837 g/mol. The Labute approximate surface area is 385 Å². The van der Waals surface area contributed by atoms with Gasteiger partial charge in [-0.25, -0.2) is 4.79 Å². The third-order valence-corrected chi connectivity index (χ3v) is 17.4. The number of aromatic nitrogens is 1. The summed E-state index contributed by atoms with van der Waals surface area (Å²) in [6, 6.07) is 27.7. The van der Waals surface area contributed by atoms with Gasteiger partial charge in [0.25, 0.3) is 0 Å². The first-order chi connectivity index (χ1) is 30.3. The number of fused-ring (bicyclic) bond motifs is 3. The SMILES string of the molecule is CCCCCc1cc(-c2sc(-c3sc(-c4sc(-c5ccc6c(c5)c5ccccc5n6CC)cc4CCCCC)cc3CCCCC)cc2CCCCC)sc1/C=C(/C#N)C(=O)O. The van der Waals surface area contributed by atoms with Gasteiger partial charge in [0.15, 0.2) is 0 Å². The molecular formula is C54H62N2O2S4. The van der Waals surface area contributed by atoms with Crippen molar-refractivity contribution in [3.8, 4) is 45.8 Å².